The maximum Gasteiger partial charge on any atom is 0.243 e. The molecule has 1 atom stereocenters. The lowest BCUT2D eigenvalue weighted by Crippen LogP contribution is -2.50. The van der Waals surface area contributed by atoms with E-state index in [-0.39, 0.29) is 10.8 Å². The van der Waals surface area contributed by atoms with Crippen LogP contribution in [-0.4, -0.2) is 62.4 Å². The molecule has 23 heavy (non-hydrogen) atoms. The fourth-order valence-corrected chi connectivity index (χ4v) is 4.98. The zero-order valence-electron chi connectivity index (χ0n) is 12.7. The molecule has 0 unspecified atom stereocenters. The zero-order chi connectivity index (χ0) is 16.4. The SMILES string of the molecule is O=C([C@@H]1CCCN1S(=O)(=O)c1cccc(Cl)c1)N1CCOCC1. The molecule has 2 heterocycles. The van der Waals surface area contributed by atoms with Gasteiger partial charge in [-0.3, -0.25) is 4.79 Å². The maximum atomic E-state index is 12.9. The van der Waals surface area contributed by atoms with Crippen LogP contribution in [0, 0.1) is 0 Å². The van der Waals surface area contributed by atoms with E-state index < -0.39 is 16.1 Å². The van der Waals surface area contributed by atoms with Gasteiger partial charge in [0.15, 0.2) is 0 Å². The Morgan fingerprint density at radius 2 is 1.96 bits per heavy atom. The fraction of sp³-hybridized carbons (Fsp3) is 0.533. The molecule has 0 spiro atoms. The van der Waals surface area contributed by atoms with Gasteiger partial charge in [-0.2, -0.15) is 4.31 Å². The summed E-state index contributed by atoms with van der Waals surface area (Å²) in [6.45, 7) is 2.38. The predicted octanol–water partition coefficient (Wildman–Crippen LogP) is 1.35. The summed E-state index contributed by atoms with van der Waals surface area (Å²) in [5.74, 6) is -0.128. The van der Waals surface area contributed by atoms with Crippen LogP contribution in [0.1, 0.15) is 12.8 Å². The van der Waals surface area contributed by atoms with Gasteiger partial charge in [0, 0.05) is 24.7 Å². The van der Waals surface area contributed by atoms with E-state index in [0.29, 0.717) is 50.7 Å². The average Bonchev–Trinajstić information content (AvgIpc) is 3.05. The minimum absolute atomic E-state index is 0.128. The van der Waals surface area contributed by atoms with Gasteiger partial charge in [0.2, 0.25) is 15.9 Å². The van der Waals surface area contributed by atoms with Gasteiger partial charge < -0.3 is 9.64 Å². The summed E-state index contributed by atoms with van der Waals surface area (Å²) in [7, 11) is -3.72. The third kappa shape index (κ3) is 3.38. The normalized spacial score (nSPS) is 23.2. The zero-order valence-corrected chi connectivity index (χ0v) is 14.2. The largest absolute Gasteiger partial charge is 0.378 e. The number of carbonyl (C=O) groups is 1. The highest BCUT2D eigenvalue weighted by molar-refractivity contribution is 7.89. The summed E-state index contributed by atoms with van der Waals surface area (Å²) in [5.41, 5.74) is 0. The van der Waals surface area contributed by atoms with Gasteiger partial charge in [-0.15, -0.1) is 0 Å². The van der Waals surface area contributed by atoms with Gasteiger partial charge in [0.25, 0.3) is 0 Å². The molecule has 1 amide bonds. The van der Waals surface area contributed by atoms with Gasteiger partial charge >= 0.3 is 0 Å². The molecule has 2 saturated heterocycles. The molecule has 0 aliphatic carbocycles. The summed E-state index contributed by atoms with van der Waals surface area (Å²) in [6.07, 6.45) is 1.23. The highest BCUT2D eigenvalue weighted by Gasteiger charge is 2.41. The van der Waals surface area contributed by atoms with E-state index in [0.717, 1.165) is 0 Å². The number of morpholine rings is 1. The number of nitrogens with zero attached hydrogens (tertiary/aromatic N) is 2. The third-order valence-electron chi connectivity index (χ3n) is 4.21. The quantitative estimate of drug-likeness (QED) is 0.818. The number of amides is 1. The van der Waals surface area contributed by atoms with Gasteiger partial charge in [-0.05, 0) is 31.0 Å². The molecule has 0 bridgehead atoms. The summed E-state index contributed by atoms with van der Waals surface area (Å²) in [5, 5.41) is 0.362. The standard InChI is InChI=1S/C15H19ClN2O4S/c16-12-3-1-4-13(11-12)23(20,21)18-6-2-5-14(18)15(19)17-7-9-22-10-8-17/h1,3-4,11,14H,2,5-10H2/t14-/m0/s1. The number of sulfonamides is 1. The molecule has 2 fully saturated rings. The second-order valence-corrected chi connectivity index (χ2v) is 8.00. The molecule has 0 saturated carbocycles. The summed E-state index contributed by atoms with van der Waals surface area (Å²) < 4.78 is 32.3. The molecule has 0 N–H and O–H groups in total. The van der Waals surface area contributed by atoms with Crippen LogP contribution in [0.25, 0.3) is 0 Å². The van der Waals surface area contributed by atoms with E-state index >= 15 is 0 Å². The van der Waals surface area contributed by atoms with Crippen LogP contribution in [-0.2, 0) is 19.6 Å². The summed E-state index contributed by atoms with van der Waals surface area (Å²) in [6, 6.07) is 5.53. The molecule has 1 aromatic carbocycles. The Hall–Kier alpha value is -1.15. The Labute approximate surface area is 141 Å². The Morgan fingerprint density at radius 3 is 2.65 bits per heavy atom. The molecule has 126 valence electrons. The van der Waals surface area contributed by atoms with Crippen molar-refractivity contribution in [3.63, 3.8) is 0 Å². The topological polar surface area (TPSA) is 66.9 Å². The summed E-state index contributed by atoms with van der Waals surface area (Å²) in [4.78, 5) is 14.5. The summed E-state index contributed by atoms with van der Waals surface area (Å²) >= 11 is 5.91. The van der Waals surface area contributed by atoms with Crippen molar-refractivity contribution >= 4 is 27.5 Å². The van der Waals surface area contributed by atoms with Crippen LogP contribution in [0.15, 0.2) is 29.2 Å². The third-order valence-corrected chi connectivity index (χ3v) is 6.35. The monoisotopic (exact) mass is 358 g/mol. The second kappa shape index (κ2) is 6.76. The molecular weight excluding hydrogens is 340 g/mol. The molecular formula is C15H19ClN2O4S. The van der Waals surface area contributed by atoms with E-state index in [1.165, 1.54) is 16.4 Å². The Kier molecular flexibility index (Phi) is 4.91. The van der Waals surface area contributed by atoms with Crippen LogP contribution in [0.2, 0.25) is 5.02 Å². The van der Waals surface area contributed by atoms with Crippen LogP contribution >= 0.6 is 11.6 Å². The molecule has 8 heteroatoms. The Bertz CT molecular complexity index is 688. The van der Waals surface area contributed by atoms with E-state index in [9.17, 15) is 13.2 Å². The molecule has 0 aromatic heterocycles. The highest BCUT2D eigenvalue weighted by Crippen LogP contribution is 2.28. The molecule has 3 rings (SSSR count). The van der Waals surface area contributed by atoms with Crippen molar-refractivity contribution < 1.29 is 17.9 Å². The maximum absolute atomic E-state index is 12.9. The number of ether oxygens (including phenoxy) is 1. The van der Waals surface area contributed by atoms with Gasteiger partial charge in [0.05, 0.1) is 18.1 Å². The van der Waals surface area contributed by atoms with E-state index in [4.69, 9.17) is 16.3 Å². The van der Waals surface area contributed by atoms with Crippen LogP contribution in [0.5, 0.6) is 0 Å². The molecule has 1 aromatic rings. The number of carbonyl (C=O) groups excluding carboxylic acids is 1. The highest BCUT2D eigenvalue weighted by atomic mass is 35.5. The fourth-order valence-electron chi connectivity index (χ4n) is 3.03. The second-order valence-electron chi connectivity index (χ2n) is 5.67. The van der Waals surface area contributed by atoms with Gasteiger partial charge in [-0.1, -0.05) is 17.7 Å². The number of benzene rings is 1. The Morgan fingerprint density at radius 1 is 1.22 bits per heavy atom. The minimum atomic E-state index is -3.72. The van der Waals surface area contributed by atoms with Gasteiger partial charge in [-0.25, -0.2) is 8.42 Å². The first-order valence-corrected chi connectivity index (χ1v) is 9.46. The van der Waals surface area contributed by atoms with Crippen LogP contribution in [0.4, 0.5) is 0 Å². The van der Waals surface area contributed by atoms with Crippen LogP contribution < -0.4 is 0 Å². The van der Waals surface area contributed by atoms with Crippen molar-refractivity contribution in [2.45, 2.75) is 23.8 Å². The van der Waals surface area contributed by atoms with Crippen molar-refractivity contribution in [1.29, 1.82) is 0 Å². The molecule has 2 aliphatic heterocycles. The van der Waals surface area contributed by atoms with Crippen molar-refractivity contribution in [3.8, 4) is 0 Å². The van der Waals surface area contributed by atoms with Crippen molar-refractivity contribution in [1.82, 2.24) is 9.21 Å². The lowest BCUT2D eigenvalue weighted by atomic mass is 10.2. The number of halogens is 1. The number of hydrogen-bond donors (Lipinski definition) is 0. The first-order chi connectivity index (χ1) is 11.0. The molecule has 0 radical (unpaired) electrons. The lowest BCUT2D eigenvalue weighted by molar-refractivity contribution is -0.138. The van der Waals surface area contributed by atoms with E-state index in [2.05, 4.69) is 0 Å². The number of rotatable bonds is 3. The number of hydrogen-bond acceptors (Lipinski definition) is 4. The predicted molar refractivity (Wildman–Crippen MR) is 85.8 cm³/mol. The minimum Gasteiger partial charge on any atom is -0.378 e. The van der Waals surface area contributed by atoms with Gasteiger partial charge in [0.1, 0.15) is 6.04 Å². The Balaban J connectivity index is 1.84. The van der Waals surface area contributed by atoms with Crippen LogP contribution in [0.3, 0.4) is 0 Å². The molecule has 6 nitrogen and oxygen atoms in total. The molecule has 2 aliphatic rings. The first-order valence-electron chi connectivity index (χ1n) is 7.64. The lowest BCUT2D eigenvalue weighted by Gasteiger charge is -2.32. The van der Waals surface area contributed by atoms with E-state index in [1.807, 2.05) is 0 Å². The van der Waals surface area contributed by atoms with Crippen molar-refractivity contribution in [2.24, 2.45) is 0 Å². The first kappa shape index (κ1) is 16.7. The van der Waals surface area contributed by atoms with E-state index in [1.54, 1.807) is 17.0 Å². The smallest absolute Gasteiger partial charge is 0.243 e. The van der Waals surface area contributed by atoms with Crippen molar-refractivity contribution in [2.75, 3.05) is 32.8 Å². The van der Waals surface area contributed by atoms with Crippen molar-refractivity contribution in [3.05, 3.63) is 29.3 Å². The average molecular weight is 359 g/mol.